The van der Waals surface area contributed by atoms with Crippen molar-refractivity contribution in [2.75, 3.05) is 0 Å². The Bertz CT molecular complexity index is 617. The molecule has 1 aliphatic heterocycles. The first-order valence-electron chi connectivity index (χ1n) is 7.44. The van der Waals surface area contributed by atoms with Crippen molar-refractivity contribution < 1.29 is 0 Å². The molecule has 0 radical (unpaired) electrons. The SMILES string of the molecule is CC1=C(C)[P+](c2ccccc2)(c2ccccc2)[B-]1(C)C. The first kappa shape index (κ1) is 13.6. The second-order valence-electron chi connectivity index (χ2n) is 6.46. The number of allylic oxidation sites excluding steroid dienone is 2. The highest BCUT2D eigenvalue weighted by atomic mass is 31.2. The minimum Gasteiger partial charge on any atom is -0.157 e. The van der Waals surface area contributed by atoms with Crippen LogP contribution in [0.4, 0.5) is 0 Å². The van der Waals surface area contributed by atoms with Crippen LogP contribution in [0.5, 0.6) is 0 Å². The normalized spacial score (nSPS) is 19.6. The van der Waals surface area contributed by atoms with Gasteiger partial charge in [-0.1, -0.05) is 50.5 Å². The van der Waals surface area contributed by atoms with Crippen molar-refractivity contribution in [2.45, 2.75) is 27.5 Å². The van der Waals surface area contributed by atoms with Crippen LogP contribution in [0.25, 0.3) is 0 Å². The minimum absolute atomic E-state index is 0.479. The lowest BCUT2D eigenvalue weighted by atomic mass is 9.45. The minimum atomic E-state index is -1.38. The molecular weight excluding hydrogens is 258 g/mol. The summed E-state index contributed by atoms with van der Waals surface area (Å²) in [5.74, 6) is -0.479. The van der Waals surface area contributed by atoms with Crippen molar-refractivity contribution in [1.29, 1.82) is 0 Å². The topological polar surface area (TPSA) is 0 Å². The van der Waals surface area contributed by atoms with E-state index < -0.39 is 13.0 Å². The van der Waals surface area contributed by atoms with E-state index in [1.165, 1.54) is 0 Å². The number of rotatable bonds is 2. The fraction of sp³-hybridized carbons (Fsp3) is 0.222. The predicted octanol–water partition coefficient (Wildman–Crippen LogP) is 4.71. The summed E-state index contributed by atoms with van der Waals surface area (Å²) in [6.45, 7) is 9.65. The third-order valence-corrected chi connectivity index (χ3v) is 11.4. The molecule has 0 unspecified atom stereocenters. The van der Waals surface area contributed by atoms with E-state index in [1.54, 1.807) is 21.4 Å². The molecular formula is C18H22BP. The fourth-order valence-corrected chi connectivity index (χ4v) is 10.4. The van der Waals surface area contributed by atoms with E-state index in [0.717, 1.165) is 0 Å². The first-order chi connectivity index (χ1) is 9.53. The van der Waals surface area contributed by atoms with Gasteiger partial charge in [0.1, 0.15) is 0 Å². The maximum absolute atomic E-state index is 2.48. The second kappa shape index (κ2) is 4.60. The standard InChI is InChI=1S/C18H22BP/c1-15-16(2)20(19(15,3)4,17-11-7-5-8-12-17)18-13-9-6-10-14-18/h5-14H,1-4H3. The number of hydrogen-bond acceptors (Lipinski definition) is 0. The molecule has 1 heterocycles. The first-order valence-corrected chi connectivity index (χ1v) is 9.30. The molecule has 102 valence electrons. The van der Waals surface area contributed by atoms with Crippen molar-refractivity contribution in [2.24, 2.45) is 0 Å². The highest BCUT2D eigenvalue weighted by molar-refractivity contribution is 8.23. The molecule has 0 atom stereocenters. The van der Waals surface area contributed by atoms with Gasteiger partial charge in [0.15, 0.2) is 0 Å². The van der Waals surface area contributed by atoms with Gasteiger partial charge in [-0.15, -0.1) is 13.6 Å². The Morgan fingerprint density at radius 3 is 1.45 bits per heavy atom. The average Bonchev–Trinajstić information content (AvgIpc) is 2.49. The summed E-state index contributed by atoms with van der Waals surface area (Å²) in [6, 6.07) is 22.3. The molecule has 0 N–H and O–H groups in total. The van der Waals surface area contributed by atoms with E-state index in [-0.39, 0.29) is 0 Å². The van der Waals surface area contributed by atoms with Crippen LogP contribution < -0.4 is 10.6 Å². The Morgan fingerprint density at radius 2 is 1.10 bits per heavy atom. The van der Waals surface area contributed by atoms with Gasteiger partial charge in [0, 0.05) is 5.31 Å². The van der Waals surface area contributed by atoms with Gasteiger partial charge in [-0.3, -0.25) is 0 Å². The van der Waals surface area contributed by atoms with Gasteiger partial charge in [0.25, 0.3) is 0 Å². The highest BCUT2D eigenvalue weighted by Gasteiger charge is 2.60. The molecule has 0 nitrogen and oxygen atoms in total. The summed E-state index contributed by atoms with van der Waals surface area (Å²) in [7, 11) is -1.38. The molecule has 3 rings (SSSR count). The van der Waals surface area contributed by atoms with E-state index in [9.17, 15) is 0 Å². The van der Waals surface area contributed by atoms with Crippen LogP contribution in [0.2, 0.25) is 13.6 Å². The molecule has 0 aliphatic carbocycles. The van der Waals surface area contributed by atoms with E-state index in [0.29, 0.717) is 0 Å². The average molecular weight is 280 g/mol. The number of benzene rings is 2. The lowest BCUT2D eigenvalue weighted by Crippen LogP contribution is -2.51. The summed E-state index contributed by atoms with van der Waals surface area (Å²) >= 11 is 0. The Balaban J connectivity index is 2.33. The lowest BCUT2D eigenvalue weighted by Gasteiger charge is -2.57. The van der Waals surface area contributed by atoms with Gasteiger partial charge >= 0.3 is 0 Å². The summed E-state index contributed by atoms with van der Waals surface area (Å²) in [6.07, 6.45) is 0. The quantitative estimate of drug-likeness (QED) is 0.552. The molecule has 0 bridgehead atoms. The van der Waals surface area contributed by atoms with Gasteiger partial charge in [-0.05, 0) is 31.2 Å². The molecule has 1 aliphatic rings. The fourth-order valence-electron chi connectivity index (χ4n) is 4.11. The van der Waals surface area contributed by atoms with Gasteiger partial charge in [-0.2, -0.15) is 5.47 Å². The molecule has 20 heavy (non-hydrogen) atoms. The molecule has 0 saturated carbocycles. The Hall–Kier alpha value is -1.33. The molecule has 2 heteroatoms. The molecule has 2 aromatic rings. The Morgan fingerprint density at radius 1 is 0.700 bits per heavy atom. The van der Waals surface area contributed by atoms with Crippen molar-refractivity contribution in [3.63, 3.8) is 0 Å². The number of hydrogen-bond donors (Lipinski definition) is 0. The zero-order valence-electron chi connectivity index (χ0n) is 12.8. The predicted molar refractivity (Wildman–Crippen MR) is 94.9 cm³/mol. The maximum Gasteiger partial charge on any atom is 0.204 e. The third kappa shape index (κ3) is 1.53. The lowest BCUT2D eigenvalue weighted by molar-refractivity contribution is 1.44. The molecule has 0 aromatic heterocycles. The smallest absolute Gasteiger partial charge is 0.157 e. The van der Waals surface area contributed by atoms with E-state index in [2.05, 4.69) is 88.2 Å². The molecule has 0 fully saturated rings. The Labute approximate surface area is 123 Å². The molecule has 2 aromatic carbocycles. The largest absolute Gasteiger partial charge is 0.204 e. The van der Waals surface area contributed by atoms with Crippen LogP contribution in [0, 0.1) is 0 Å². The van der Waals surface area contributed by atoms with Gasteiger partial charge in [-0.25, -0.2) is 0 Å². The van der Waals surface area contributed by atoms with Gasteiger partial charge < -0.3 is 0 Å². The second-order valence-corrected chi connectivity index (χ2v) is 10.9. The summed E-state index contributed by atoms with van der Waals surface area (Å²) in [5, 5.41) is 4.72. The molecule has 0 saturated heterocycles. The van der Waals surface area contributed by atoms with Crippen LogP contribution in [0.1, 0.15) is 13.8 Å². The van der Waals surface area contributed by atoms with E-state index in [4.69, 9.17) is 0 Å². The summed E-state index contributed by atoms with van der Waals surface area (Å²) in [5.41, 5.74) is 1.63. The van der Waals surface area contributed by atoms with Crippen LogP contribution in [-0.4, -0.2) is 5.87 Å². The molecule has 0 amide bonds. The Kier molecular flexibility index (Phi) is 3.14. The maximum atomic E-state index is 2.48. The van der Waals surface area contributed by atoms with E-state index >= 15 is 0 Å². The highest BCUT2D eigenvalue weighted by Crippen LogP contribution is 2.79. The third-order valence-electron chi connectivity index (χ3n) is 5.45. The van der Waals surface area contributed by atoms with Crippen molar-refractivity contribution in [3.8, 4) is 0 Å². The van der Waals surface area contributed by atoms with Crippen LogP contribution in [0.15, 0.2) is 71.5 Å². The van der Waals surface area contributed by atoms with Crippen molar-refractivity contribution >= 4 is 23.6 Å². The zero-order chi connectivity index (χ0) is 14.4. The van der Waals surface area contributed by atoms with Gasteiger partial charge in [0.2, 0.25) is 5.87 Å². The van der Waals surface area contributed by atoms with Crippen molar-refractivity contribution in [1.82, 2.24) is 0 Å². The van der Waals surface area contributed by atoms with Crippen LogP contribution in [0.3, 0.4) is 0 Å². The monoisotopic (exact) mass is 280 g/mol. The van der Waals surface area contributed by atoms with Gasteiger partial charge in [0.05, 0.1) is 10.6 Å². The van der Waals surface area contributed by atoms with E-state index in [1.807, 2.05) is 0 Å². The molecule has 0 spiro atoms. The van der Waals surface area contributed by atoms with Crippen molar-refractivity contribution in [3.05, 3.63) is 71.5 Å². The summed E-state index contributed by atoms with van der Waals surface area (Å²) in [4.78, 5) is 0. The zero-order valence-corrected chi connectivity index (χ0v) is 13.7. The van der Waals surface area contributed by atoms with Crippen LogP contribution >= 0.6 is 7.14 Å². The van der Waals surface area contributed by atoms with Crippen LogP contribution in [-0.2, 0) is 0 Å². The summed E-state index contributed by atoms with van der Waals surface area (Å²) < 4.78 is 0.